The van der Waals surface area contributed by atoms with E-state index < -0.39 is 42.6 Å². The second-order valence-corrected chi connectivity index (χ2v) is 13.6. The number of hydrogen-bond acceptors (Lipinski definition) is 10. The molecule has 2 amide bonds. The Morgan fingerprint density at radius 2 is 1.73 bits per heavy atom. The van der Waals surface area contributed by atoms with Crippen LogP contribution in [0.15, 0.2) is 70.7 Å². The number of para-hydroxylation sites is 1. The number of benzene rings is 3. The zero-order chi connectivity index (χ0) is 34.5. The molecule has 1 saturated heterocycles. The van der Waals surface area contributed by atoms with Crippen molar-refractivity contribution in [2.75, 3.05) is 59.5 Å². The fraction of sp³-hybridized carbons (Fsp3) is 0.364. The highest BCUT2D eigenvalue weighted by Crippen LogP contribution is 2.42. The lowest BCUT2D eigenvalue weighted by Gasteiger charge is -2.25. The molecule has 0 bridgehead atoms. The van der Waals surface area contributed by atoms with Gasteiger partial charge in [-0.2, -0.15) is 13.2 Å². The molecule has 2 aliphatic rings. The van der Waals surface area contributed by atoms with Gasteiger partial charge >= 0.3 is 16.1 Å². The Kier molecular flexibility index (Phi) is 10.9. The van der Waals surface area contributed by atoms with Crippen LogP contribution in [0.4, 0.5) is 25.0 Å². The molecule has 48 heavy (non-hydrogen) atoms. The third-order valence-electron chi connectivity index (χ3n) is 7.96. The molecule has 3 aromatic rings. The number of quaternary nitrogens is 1. The number of carbonyl (C=O) groups excluding carboxylic acids is 2. The summed E-state index contributed by atoms with van der Waals surface area (Å²) in [6, 6.07) is 13.0. The average Bonchev–Trinajstić information content (AvgIpc) is 3.39. The van der Waals surface area contributed by atoms with Crippen LogP contribution in [0.5, 0.6) is 0 Å². The minimum atomic E-state index is -5.10. The van der Waals surface area contributed by atoms with E-state index in [4.69, 9.17) is 14.2 Å². The Morgan fingerprint density at radius 3 is 2.42 bits per heavy atom. The Hall–Kier alpha value is -4.28. The number of anilines is 1. The molecule has 12 nitrogen and oxygen atoms in total. The van der Waals surface area contributed by atoms with Gasteiger partial charge in [0.2, 0.25) is 5.84 Å². The summed E-state index contributed by atoms with van der Waals surface area (Å²) in [4.78, 5) is 29.0. The highest BCUT2D eigenvalue weighted by Gasteiger charge is 2.61. The number of fused-ring (bicyclic) bond motifs is 1. The number of sulfonamides is 1. The first-order chi connectivity index (χ1) is 23.0. The summed E-state index contributed by atoms with van der Waals surface area (Å²) in [7, 11) is 0.207. The van der Waals surface area contributed by atoms with Gasteiger partial charge in [-0.25, -0.2) is 8.78 Å². The number of ether oxygens (including phenoxy) is 3. The van der Waals surface area contributed by atoms with E-state index >= 15 is 0 Å². The molecule has 1 unspecified atom stereocenters. The van der Waals surface area contributed by atoms with Gasteiger partial charge < -0.3 is 29.7 Å². The molecule has 1 fully saturated rings. The highest BCUT2D eigenvalue weighted by molar-refractivity contribution is 7.91. The largest absolute Gasteiger partial charge is 0.565 e. The summed E-state index contributed by atoms with van der Waals surface area (Å²) in [5.74, 6) is -3.24. The first-order valence-electron chi connectivity index (χ1n) is 15.4. The van der Waals surface area contributed by atoms with Crippen LogP contribution >= 0.6 is 0 Å². The summed E-state index contributed by atoms with van der Waals surface area (Å²) in [6.45, 7) is 1.54. The second kappa shape index (κ2) is 14.9. The summed E-state index contributed by atoms with van der Waals surface area (Å²) >= 11 is 0. The SMILES string of the molecule is COCCOC(=O)[N+]1(S(=O)(=O)c2cc(F)cc(F)c2)N=C(NC(=O)c2ccc(CCN(C)C)cc2NC2CCOCC2)c2ccccc21. The molecule has 2 N–H and O–H groups in total. The van der Waals surface area contributed by atoms with E-state index in [1.54, 1.807) is 12.1 Å². The number of nitrogens with zero attached hydrogens (tertiary/aromatic N) is 3. The molecule has 2 aliphatic heterocycles. The number of carbonyl (C=O) groups is 2. The lowest BCUT2D eigenvalue weighted by atomic mass is 10.0. The van der Waals surface area contributed by atoms with Crippen LogP contribution < -0.4 is 14.6 Å². The van der Waals surface area contributed by atoms with Crippen LogP contribution in [0.1, 0.15) is 34.3 Å². The Labute approximate surface area is 277 Å². The summed E-state index contributed by atoms with van der Waals surface area (Å²) < 4.78 is 71.1. The van der Waals surface area contributed by atoms with Gasteiger partial charge in [-0.05, 0) is 74.4 Å². The van der Waals surface area contributed by atoms with Crippen molar-refractivity contribution in [2.24, 2.45) is 5.10 Å². The van der Waals surface area contributed by atoms with Crippen LogP contribution in [-0.2, 0) is 30.7 Å². The summed E-state index contributed by atoms with van der Waals surface area (Å²) in [6.07, 6.45) is 0.835. The van der Waals surface area contributed by atoms with E-state index in [1.807, 2.05) is 26.2 Å². The van der Waals surface area contributed by atoms with Crippen molar-refractivity contribution in [3.63, 3.8) is 0 Å². The average molecular weight is 687 g/mol. The van der Waals surface area contributed by atoms with Crippen molar-refractivity contribution in [1.82, 2.24) is 14.2 Å². The number of hydrogen-bond donors (Lipinski definition) is 2. The zero-order valence-corrected chi connectivity index (χ0v) is 27.7. The Morgan fingerprint density at radius 1 is 1.02 bits per heavy atom. The van der Waals surface area contributed by atoms with Gasteiger partial charge in [0.05, 0.1) is 17.7 Å². The van der Waals surface area contributed by atoms with E-state index in [0.717, 1.165) is 31.4 Å². The predicted molar refractivity (Wildman–Crippen MR) is 175 cm³/mol. The molecule has 0 spiro atoms. The van der Waals surface area contributed by atoms with Crippen molar-refractivity contribution < 1.29 is 41.0 Å². The molecule has 0 saturated carbocycles. The smallest absolute Gasteiger partial charge is 0.415 e. The Bertz CT molecular complexity index is 1800. The molecule has 3 aromatic carbocycles. The quantitative estimate of drug-likeness (QED) is 0.224. The first-order valence-corrected chi connectivity index (χ1v) is 16.8. The summed E-state index contributed by atoms with van der Waals surface area (Å²) in [5, 5.41) is 10.5. The van der Waals surface area contributed by atoms with Gasteiger partial charge in [0.1, 0.15) is 23.1 Å². The molecule has 15 heteroatoms. The fourth-order valence-corrected chi connectivity index (χ4v) is 7.17. The maximum atomic E-state index is 14.3. The minimum absolute atomic E-state index is 0.0574. The standard InChI is InChI=1S/C33H37F2N5O7S/c1-39(2)13-10-22-8-9-27(29(18-22)36-25-11-14-46-15-12-25)32(41)37-31-28-6-4-5-7-30(28)40(38-31,33(42)47-17-16-45-3)48(43,44)26-20-23(34)19-24(35)21-26/h4-9,18-21,25H,10-17H2,1-3H3,(H-,36,37,38,41)/p+1. The van der Waals surface area contributed by atoms with E-state index in [9.17, 15) is 26.8 Å². The van der Waals surface area contributed by atoms with Crippen molar-refractivity contribution in [1.29, 1.82) is 0 Å². The lowest BCUT2D eigenvalue weighted by Crippen LogP contribution is -2.53. The van der Waals surface area contributed by atoms with Gasteiger partial charge in [0.15, 0.2) is 5.69 Å². The third kappa shape index (κ3) is 7.24. The molecule has 2 heterocycles. The normalized spacial score (nSPS) is 17.9. The number of likely N-dealkylation sites (N-methyl/N-ethyl adjacent to an activating group) is 1. The van der Waals surface area contributed by atoms with Crippen molar-refractivity contribution in [2.45, 2.75) is 30.2 Å². The van der Waals surface area contributed by atoms with Gasteiger partial charge in [0.25, 0.3) is 5.91 Å². The van der Waals surface area contributed by atoms with E-state index in [-0.39, 0.29) is 41.9 Å². The van der Waals surface area contributed by atoms with Gasteiger partial charge in [-0.3, -0.25) is 4.79 Å². The van der Waals surface area contributed by atoms with Crippen molar-refractivity contribution in [3.8, 4) is 0 Å². The van der Waals surface area contributed by atoms with E-state index in [2.05, 4.69) is 20.6 Å². The maximum absolute atomic E-state index is 14.3. The highest BCUT2D eigenvalue weighted by atomic mass is 32.2. The molecule has 0 radical (unpaired) electrons. The van der Waals surface area contributed by atoms with Crippen LogP contribution in [0.3, 0.4) is 0 Å². The molecule has 0 aromatic heterocycles. The lowest BCUT2D eigenvalue weighted by molar-refractivity contribution is 0.0872. The van der Waals surface area contributed by atoms with Crippen LogP contribution in [0.25, 0.3) is 0 Å². The zero-order valence-electron chi connectivity index (χ0n) is 26.9. The Balaban J connectivity index is 1.58. The summed E-state index contributed by atoms with van der Waals surface area (Å²) in [5.41, 5.74) is 1.72. The van der Waals surface area contributed by atoms with Gasteiger partial charge in [-0.15, -0.1) is 0 Å². The van der Waals surface area contributed by atoms with Crippen molar-refractivity contribution in [3.05, 3.63) is 89.0 Å². The molecule has 256 valence electrons. The van der Waals surface area contributed by atoms with Crippen LogP contribution in [0, 0.1) is 11.6 Å². The molecular formula is C33H38F2N5O7S+. The molecule has 0 aliphatic carbocycles. The second-order valence-electron chi connectivity index (χ2n) is 11.6. The number of amidine groups is 1. The van der Waals surface area contributed by atoms with Crippen molar-refractivity contribution >= 4 is 39.2 Å². The van der Waals surface area contributed by atoms with Gasteiger partial charge in [0, 0.05) is 54.7 Å². The predicted octanol–water partition coefficient (Wildman–Crippen LogP) is 4.24. The molecular weight excluding hydrogens is 648 g/mol. The number of amides is 2. The topological polar surface area (TPSA) is 136 Å². The molecule has 5 rings (SSSR count). The van der Waals surface area contributed by atoms with Crippen LogP contribution in [0.2, 0.25) is 0 Å². The van der Waals surface area contributed by atoms with Gasteiger partial charge in [-0.1, -0.05) is 18.2 Å². The number of rotatable bonds is 11. The number of halogens is 2. The van der Waals surface area contributed by atoms with E-state index in [0.29, 0.717) is 37.1 Å². The molecule has 1 atom stereocenters. The minimum Gasteiger partial charge on any atom is -0.415 e. The number of nitrogens with one attached hydrogen (secondary N) is 2. The van der Waals surface area contributed by atoms with E-state index in [1.165, 1.54) is 25.3 Å². The maximum Gasteiger partial charge on any atom is 0.565 e. The first kappa shape index (κ1) is 35.0. The third-order valence-corrected chi connectivity index (χ3v) is 9.91. The number of methoxy groups -OCH3 is 1. The monoisotopic (exact) mass is 686 g/mol. The fourth-order valence-electron chi connectivity index (χ4n) is 5.48. The van der Waals surface area contributed by atoms with Crippen LogP contribution in [-0.4, -0.2) is 91.4 Å².